The maximum absolute atomic E-state index is 11.9. The van der Waals surface area contributed by atoms with E-state index in [4.69, 9.17) is 4.74 Å². The number of carbonyl (C=O) groups excluding carboxylic acids is 1. The number of aryl methyl sites for hydroxylation is 1. The van der Waals surface area contributed by atoms with Gasteiger partial charge in [0, 0.05) is 13.1 Å². The lowest BCUT2D eigenvalue weighted by Crippen LogP contribution is -2.38. The second-order valence-corrected chi connectivity index (χ2v) is 4.90. The first kappa shape index (κ1) is 13.3. The normalized spacial score (nSPS) is 13.9. The highest BCUT2D eigenvalue weighted by Gasteiger charge is 2.23. The van der Waals surface area contributed by atoms with Crippen LogP contribution in [-0.4, -0.2) is 30.1 Å². The van der Waals surface area contributed by atoms with Crippen molar-refractivity contribution in [3.8, 4) is 6.07 Å². The van der Waals surface area contributed by atoms with Gasteiger partial charge in [-0.05, 0) is 33.3 Å². The van der Waals surface area contributed by atoms with Gasteiger partial charge in [-0.1, -0.05) is 0 Å². The van der Waals surface area contributed by atoms with Crippen LogP contribution in [0, 0.1) is 18.3 Å². The lowest BCUT2D eigenvalue weighted by atomic mass is 10.1. The Kier molecular flexibility index (Phi) is 3.70. The molecule has 1 aliphatic rings. The van der Waals surface area contributed by atoms with Crippen LogP contribution in [-0.2, 0) is 4.74 Å². The number of pyridine rings is 1. The molecule has 1 aromatic heterocycles. The van der Waals surface area contributed by atoms with E-state index in [1.54, 1.807) is 26.8 Å². The highest BCUT2D eigenvalue weighted by atomic mass is 16.5. The molecule has 0 saturated carbocycles. The quantitative estimate of drug-likeness (QED) is 0.777. The van der Waals surface area contributed by atoms with E-state index in [-0.39, 0.29) is 6.10 Å². The summed E-state index contributed by atoms with van der Waals surface area (Å²) >= 11 is 0. The lowest BCUT2D eigenvalue weighted by molar-refractivity contribution is 0.0376. The summed E-state index contributed by atoms with van der Waals surface area (Å²) in [6.07, 6.45) is 0.926. The van der Waals surface area contributed by atoms with Crippen molar-refractivity contribution in [3.63, 3.8) is 0 Å². The fourth-order valence-corrected chi connectivity index (χ4v) is 1.93. The Labute approximate surface area is 112 Å². The van der Waals surface area contributed by atoms with Gasteiger partial charge >= 0.3 is 5.97 Å². The van der Waals surface area contributed by atoms with Crippen molar-refractivity contribution in [2.75, 3.05) is 18.0 Å². The van der Waals surface area contributed by atoms with E-state index >= 15 is 0 Å². The summed E-state index contributed by atoms with van der Waals surface area (Å²) in [7, 11) is 0. The van der Waals surface area contributed by atoms with Crippen LogP contribution in [0.5, 0.6) is 0 Å². The predicted molar refractivity (Wildman–Crippen MR) is 71.1 cm³/mol. The van der Waals surface area contributed by atoms with Crippen LogP contribution in [0.3, 0.4) is 0 Å². The van der Waals surface area contributed by atoms with Gasteiger partial charge < -0.3 is 9.64 Å². The van der Waals surface area contributed by atoms with Crippen LogP contribution in [0.25, 0.3) is 0 Å². The highest BCUT2D eigenvalue weighted by Crippen LogP contribution is 2.25. The number of ether oxygens (including phenoxy) is 1. The van der Waals surface area contributed by atoms with E-state index < -0.39 is 5.97 Å². The number of anilines is 1. The van der Waals surface area contributed by atoms with Crippen LogP contribution in [0.15, 0.2) is 6.07 Å². The van der Waals surface area contributed by atoms with Crippen molar-refractivity contribution >= 4 is 11.8 Å². The van der Waals surface area contributed by atoms with Crippen molar-refractivity contribution in [1.29, 1.82) is 5.26 Å². The Morgan fingerprint density at radius 1 is 1.53 bits per heavy atom. The lowest BCUT2D eigenvalue weighted by Gasteiger charge is -2.33. The number of hydrogen-bond acceptors (Lipinski definition) is 5. The van der Waals surface area contributed by atoms with E-state index in [9.17, 15) is 10.1 Å². The molecule has 0 spiro atoms. The van der Waals surface area contributed by atoms with Crippen LogP contribution >= 0.6 is 0 Å². The minimum Gasteiger partial charge on any atom is -0.459 e. The van der Waals surface area contributed by atoms with Crippen LogP contribution < -0.4 is 4.90 Å². The average molecular weight is 259 g/mol. The molecular weight excluding hydrogens is 242 g/mol. The zero-order valence-corrected chi connectivity index (χ0v) is 11.4. The number of nitriles is 1. The second-order valence-electron chi connectivity index (χ2n) is 4.90. The molecule has 2 rings (SSSR count). The molecule has 0 radical (unpaired) electrons. The fourth-order valence-electron chi connectivity index (χ4n) is 1.93. The third kappa shape index (κ3) is 2.68. The van der Waals surface area contributed by atoms with Gasteiger partial charge in [-0.25, -0.2) is 9.78 Å². The van der Waals surface area contributed by atoms with E-state index in [1.165, 1.54) is 0 Å². The van der Waals surface area contributed by atoms with E-state index in [2.05, 4.69) is 11.1 Å². The number of nitrogens with zero attached hydrogens (tertiary/aromatic N) is 3. The second kappa shape index (κ2) is 5.27. The van der Waals surface area contributed by atoms with Gasteiger partial charge in [0.2, 0.25) is 0 Å². The van der Waals surface area contributed by atoms with Gasteiger partial charge in [0.05, 0.1) is 22.9 Å². The topological polar surface area (TPSA) is 66.2 Å². The zero-order valence-electron chi connectivity index (χ0n) is 11.4. The number of aromatic nitrogens is 1. The first-order chi connectivity index (χ1) is 9.02. The number of rotatable bonds is 3. The summed E-state index contributed by atoms with van der Waals surface area (Å²) in [5.41, 5.74) is 1.40. The molecule has 5 heteroatoms. The molecule has 0 atom stereocenters. The summed E-state index contributed by atoms with van der Waals surface area (Å²) in [6.45, 7) is 7.18. The molecule has 0 N–H and O–H groups in total. The van der Waals surface area contributed by atoms with E-state index in [0.717, 1.165) is 19.5 Å². The van der Waals surface area contributed by atoms with Crippen molar-refractivity contribution in [1.82, 2.24) is 4.98 Å². The van der Waals surface area contributed by atoms with Gasteiger partial charge in [0.15, 0.2) is 0 Å². The molecule has 1 aromatic rings. The minimum atomic E-state index is -0.424. The molecule has 5 nitrogen and oxygen atoms in total. The van der Waals surface area contributed by atoms with Gasteiger partial charge in [-0.2, -0.15) is 5.26 Å². The molecule has 0 aliphatic carbocycles. The first-order valence-electron chi connectivity index (χ1n) is 6.40. The largest absolute Gasteiger partial charge is 0.459 e. The number of esters is 1. The molecule has 0 amide bonds. The SMILES string of the molecule is Cc1nc(N2CCC2)c(C#N)cc1C(=O)OC(C)C. The molecule has 1 fully saturated rings. The fraction of sp³-hybridized carbons (Fsp3) is 0.500. The summed E-state index contributed by atoms with van der Waals surface area (Å²) in [6, 6.07) is 3.69. The molecule has 0 aromatic carbocycles. The Balaban J connectivity index is 2.36. The highest BCUT2D eigenvalue weighted by molar-refractivity contribution is 5.91. The number of hydrogen-bond donors (Lipinski definition) is 0. The van der Waals surface area contributed by atoms with Crippen molar-refractivity contribution in [3.05, 3.63) is 22.9 Å². The number of carbonyl (C=O) groups is 1. The van der Waals surface area contributed by atoms with Crippen LogP contribution in [0.1, 0.15) is 41.9 Å². The van der Waals surface area contributed by atoms with Gasteiger partial charge in [-0.3, -0.25) is 0 Å². The molecule has 19 heavy (non-hydrogen) atoms. The summed E-state index contributed by atoms with van der Waals surface area (Å²) in [4.78, 5) is 18.4. The Hall–Kier alpha value is -2.09. The standard InChI is InChI=1S/C14H17N3O2/c1-9(2)19-14(18)12-7-11(8-15)13(16-10(12)3)17-5-4-6-17/h7,9H,4-6H2,1-3H3. The molecule has 0 bridgehead atoms. The van der Waals surface area contributed by atoms with Crippen molar-refractivity contribution < 1.29 is 9.53 Å². The maximum Gasteiger partial charge on any atom is 0.340 e. The monoisotopic (exact) mass is 259 g/mol. The van der Waals surface area contributed by atoms with Gasteiger partial charge in [0.25, 0.3) is 0 Å². The Bertz CT molecular complexity index is 542. The van der Waals surface area contributed by atoms with Crippen molar-refractivity contribution in [2.24, 2.45) is 0 Å². The summed E-state index contributed by atoms with van der Waals surface area (Å²) < 4.78 is 5.16. The molecule has 0 unspecified atom stereocenters. The van der Waals surface area contributed by atoms with Gasteiger partial charge in [-0.15, -0.1) is 0 Å². The Morgan fingerprint density at radius 3 is 2.68 bits per heavy atom. The molecule has 1 aliphatic heterocycles. The molecule has 2 heterocycles. The third-order valence-corrected chi connectivity index (χ3v) is 3.03. The van der Waals surface area contributed by atoms with Crippen LogP contribution in [0.4, 0.5) is 5.82 Å². The third-order valence-electron chi connectivity index (χ3n) is 3.03. The molecular formula is C14H17N3O2. The minimum absolute atomic E-state index is 0.188. The van der Waals surface area contributed by atoms with Gasteiger partial charge in [0.1, 0.15) is 11.9 Å². The summed E-state index contributed by atoms with van der Waals surface area (Å²) in [5.74, 6) is 0.249. The smallest absolute Gasteiger partial charge is 0.340 e. The predicted octanol–water partition coefficient (Wildman–Crippen LogP) is 2.04. The van der Waals surface area contributed by atoms with E-state index in [0.29, 0.717) is 22.6 Å². The van der Waals surface area contributed by atoms with E-state index in [1.807, 2.05) is 4.90 Å². The van der Waals surface area contributed by atoms with Crippen molar-refractivity contribution in [2.45, 2.75) is 33.3 Å². The van der Waals surface area contributed by atoms with Crippen LogP contribution in [0.2, 0.25) is 0 Å². The summed E-state index contributed by atoms with van der Waals surface area (Å²) in [5, 5.41) is 9.20. The maximum atomic E-state index is 11.9. The Morgan fingerprint density at radius 2 is 2.21 bits per heavy atom. The molecule has 1 saturated heterocycles. The average Bonchev–Trinajstić information content (AvgIpc) is 2.25. The molecule has 100 valence electrons. The first-order valence-corrected chi connectivity index (χ1v) is 6.40. The zero-order chi connectivity index (χ0) is 14.0.